The Morgan fingerprint density at radius 2 is 1.50 bits per heavy atom. The predicted octanol–water partition coefficient (Wildman–Crippen LogP) is 8.52. The number of halogens is 3. The van der Waals surface area contributed by atoms with Gasteiger partial charge in [0.15, 0.2) is 0 Å². The molecule has 3 aromatic carbocycles. The smallest absolute Gasteiger partial charge is 0.410 e. The molecule has 0 spiro atoms. The summed E-state index contributed by atoms with van der Waals surface area (Å²) in [6.45, 7) is 9.37. The molecule has 3 amide bonds. The molecule has 1 atom stereocenters. The summed E-state index contributed by atoms with van der Waals surface area (Å²) in [6.07, 6.45) is -0.856. The zero-order chi connectivity index (χ0) is 42.4. The third-order valence-electron chi connectivity index (χ3n) is 12.0. The molecule has 3 aliphatic heterocycles. The number of para-hydroxylation sites is 1. The molecule has 1 saturated heterocycles. The standard InChI is InChI=1S/C47H56F3N5O5/c1-4-6-18-52(19-7-5-2)44(56)40-28-43(55(33(40)3)32-47(48,49)50)41-26-35-17-20-53(46(58)60-39-15-9-8-10-16-39)29-37(35)27-42(41)45(57)54-30-36-14-12-11-13-34(36)25-38(54)31-51-21-23-59-24-22-51/h8-16,26-28,38H,4-7,17-25,29-32H2,1-3H3/t38-/m0/s1. The normalized spacial score (nSPS) is 16.9. The van der Waals surface area contributed by atoms with E-state index in [1.54, 1.807) is 53.1 Å². The van der Waals surface area contributed by atoms with E-state index in [9.17, 15) is 22.8 Å². The van der Waals surface area contributed by atoms with Crippen LogP contribution in [0, 0.1) is 6.92 Å². The molecule has 4 aromatic rings. The highest BCUT2D eigenvalue weighted by Gasteiger charge is 2.37. The molecule has 3 aliphatic rings. The molecule has 7 rings (SSSR count). The molecule has 1 aromatic heterocycles. The van der Waals surface area contributed by atoms with E-state index in [0.29, 0.717) is 75.7 Å². The largest absolute Gasteiger partial charge is 0.415 e. The van der Waals surface area contributed by atoms with E-state index in [4.69, 9.17) is 9.47 Å². The minimum absolute atomic E-state index is 0.151. The molecule has 320 valence electrons. The first kappa shape index (κ1) is 43.0. The van der Waals surface area contributed by atoms with Gasteiger partial charge in [-0.2, -0.15) is 13.2 Å². The van der Waals surface area contributed by atoms with Gasteiger partial charge >= 0.3 is 12.3 Å². The number of benzene rings is 3. The summed E-state index contributed by atoms with van der Waals surface area (Å²) in [7, 11) is 0. The Morgan fingerprint density at radius 3 is 2.18 bits per heavy atom. The number of carbonyl (C=O) groups is 3. The first-order valence-electron chi connectivity index (χ1n) is 21.4. The summed E-state index contributed by atoms with van der Waals surface area (Å²) in [5.74, 6) is -0.221. The van der Waals surface area contributed by atoms with E-state index in [1.165, 1.54) is 0 Å². The van der Waals surface area contributed by atoms with Crippen LogP contribution in [-0.4, -0.2) is 107 Å². The summed E-state index contributed by atoms with van der Waals surface area (Å²) < 4.78 is 56.2. The van der Waals surface area contributed by atoms with Crippen molar-refractivity contribution in [3.63, 3.8) is 0 Å². The average molecular weight is 828 g/mol. The molecule has 10 nitrogen and oxygen atoms in total. The molecule has 0 N–H and O–H groups in total. The molecule has 1 fully saturated rings. The minimum Gasteiger partial charge on any atom is -0.410 e. The van der Waals surface area contributed by atoms with Crippen LogP contribution in [0.3, 0.4) is 0 Å². The van der Waals surface area contributed by atoms with Crippen LogP contribution in [0.15, 0.2) is 72.8 Å². The number of hydrogen-bond acceptors (Lipinski definition) is 6. The van der Waals surface area contributed by atoms with E-state index in [2.05, 4.69) is 11.0 Å². The molecule has 0 saturated carbocycles. The van der Waals surface area contributed by atoms with Gasteiger partial charge in [0.2, 0.25) is 0 Å². The Balaban J connectivity index is 1.34. The number of rotatable bonds is 13. The monoisotopic (exact) mass is 827 g/mol. The van der Waals surface area contributed by atoms with Crippen molar-refractivity contribution in [1.29, 1.82) is 0 Å². The number of carbonyl (C=O) groups excluding carboxylic acids is 3. The quantitative estimate of drug-likeness (QED) is 0.134. The fraction of sp³-hybridized carbons (Fsp3) is 0.468. The third kappa shape index (κ3) is 9.90. The number of morpholine rings is 1. The van der Waals surface area contributed by atoms with Gasteiger partial charge < -0.3 is 28.7 Å². The molecular formula is C47H56F3N5O5. The maximum atomic E-state index is 15.4. The van der Waals surface area contributed by atoms with Crippen molar-refractivity contribution in [2.24, 2.45) is 0 Å². The lowest BCUT2D eigenvalue weighted by Crippen LogP contribution is -2.52. The van der Waals surface area contributed by atoms with E-state index < -0.39 is 18.8 Å². The third-order valence-corrected chi connectivity index (χ3v) is 12.0. The number of unbranched alkanes of at least 4 members (excludes halogenated alkanes) is 2. The Morgan fingerprint density at radius 1 is 0.817 bits per heavy atom. The summed E-state index contributed by atoms with van der Waals surface area (Å²) in [5.41, 5.74) is 4.84. The lowest BCUT2D eigenvalue weighted by Gasteiger charge is -2.41. The lowest BCUT2D eigenvalue weighted by molar-refractivity contribution is -0.140. The molecule has 60 heavy (non-hydrogen) atoms. The topological polar surface area (TPSA) is 87.6 Å². The molecule has 0 radical (unpaired) electrons. The van der Waals surface area contributed by atoms with Crippen LogP contribution < -0.4 is 4.74 Å². The Hall–Kier alpha value is -5.14. The molecular weight excluding hydrogens is 772 g/mol. The zero-order valence-electron chi connectivity index (χ0n) is 34.9. The van der Waals surface area contributed by atoms with Crippen molar-refractivity contribution in [2.75, 3.05) is 52.5 Å². The summed E-state index contributed by atoms with van der Waals surface area (Å²) >= 11 is 0. The Kier molecular flexibility index (Phi) is 13.6. The van der Waals surface area contributed by atoms with Gasteiger partial charge in [0.1, 0.15) is 12.3 Å². The minimum atomic E-state index is -4.61. The first-order chi connectivity index (χ1) is 28.9. The zero-order valence-corrected chi connectivity index (χ0v) is 34.9. The van der Waals surface area contributed by atoms with Crippen LogP contribution in [0.5, 0.6) is 5.75 Å². The van der Waals surface area contributed by atoms with Gasteiger partial charge in [-0.25, -0.2) is 4.79 Å². The number of hydrogen-bond donors (Lipinski definition) is 0. The van der Waals surface area contributed by atoms with Crippen LogP contribution in [0.4, 0.5) is 18.0 Å². The average Bonchev–Trinajstić information content (AvgIpc) is 3.56. The van der Waals surface area contributed by atoms with Crippen molar-refractivity contribution in [3.05, 3.63) is 112 Å². The molecule has 13 heteroatoms. The number of nitrogens with zero attached hydrogens (tertiary/aromatic N) is 5. The maximum absolute atomic E-state index is 15.4. The highest BCUT2D eigenvalue weighted by Crippen LogP contribution is 2.37. The van der Waals surface area contributed by atoms with Crippen LogP contribution in [0.2, 0.25) is 0 Å². The molecule has 0 bridgehead atoms. The van der Waals surface area contributed by atoms with Crippen molar-refractivity contribution in [1.82, 2.24) is 24.2 Å². The van der Waals surface area contributed by atoms with Gasteiger partial charge in [0.05, 0.1) is 24.5 Å². The van der Waals surface area contributed by atoms with Crippen LogP contribution in [0.1, 0.15) is 88.2 Å². The Bertz CT molecular complexity index is 2140. The summed E-state index contributed by atoms with van der Waals surface area (Å²) in [5, 5.41) is 0. The van der Waals surface area contributed by atoms with Gasteiger partial charge in [0.25, 0.3) is 11.8 Å². The fourth-order valence-electron chi connectivity index (χ4n) is 8.68. The van der Waals surface area contributed by atoms with Gasteiger partial charge in [-0.1, -0.05) is 69.2 Å². The summed E-state index contributed by atoms with van der Waals surface area (Å²) in [6, 6.07) is 21.8. The number of aromatic nitrogens is 1. The van der Waals surface area contributed by atoms with Crippen molar-refractivity contribution in [3.8, 4) is 17.0 Å². The molecule has 0 aliphatic carbocycles. The predicted molar refractivity (Wildman–Crippen MR) is 224 cm³/mol. The first-order valence-corrected chi connectivity index (χ1v) is 21.4. The van der Waals surface area contributed by atoms with Crippen LogP contribution >= 0.6 is 0 Å². The highest BCUT2D eigenvalue weighted by atomic mass is 19.4. The number of ether oxygens (including phenoxy) is 2. The van der Waals surface area contributed by atoms with Gasteiger partial charge in [0, 0.05) is 75.2 Å². The second kappa shape index (κ2) is 19.1. The SMILES string of the molecule is CCCCN(CCCC)C(=O)c1cc(-c2cc3c(cc2C(=O)N2Cc4ccccc4C[C@H]2CN2CCOCC2)CN(C(=O)Oc2ccccc2)CC3)n(CC(F)(F)F)c1C. The second-order valence-corrected chi connectivity index (χ2v) is 16.2. The maximum Gasteiger partial charge on any atom is 0.415 e. The second-order valence-electron chi connectivity index (χ2n) is 16.2. The van der Waals surface area contributed by atoms with Crippen LogP contribution in [-0.2, 0) is 37.2 Å². The molecule has 4 heterocycles. The van der Waals surface area contributed by atoms with Gasteiger partial charge in [-0.15, -0.1) is 0 Å². The van der Waals surface area contributed by atoms with Gasteiger partial charge in [-0.3, -0.25) is 14.5 Å². The number of amides is 3. The number of alkyl halides is 3. The van der Waals surface area contributed by atoms with E-state index in [1.807, 2.05) is 49.1 Å². The van der Waals surface area contributed by atoms with E-state index in [0.717, 1.165) is 60.0 Å². The number of fused-ring (bicyclic) bond motifs is 2. The summed E-state index contributed by atoms with van der Waals surface area (Å²) in [4.78, 5) is 50.7. The van der Waals surface area contributed by atoms with Crippen LogP contribution in [0.25, 0.3) is 11.3 Å². The fourth-order valence-corrected chi connectivity index (χ4v) is 8.68. The van der Waals surface area contributed by atoms with Gasteiger partial charge in [-0.05, 0) is 85.2 Å². The van der Waals surface area contributed by atoms with E-state index >= 15 is 4.79 Å². The lowest BCUT2D eigenvalue weighted by atomic mass is 9.89. The highest BCUT2D eigenvalue weighted by molar-refractivity contribution is 6.03. The van der Waals surface area contributed by atoms with E-state index in [-0.39, 0.29) is 46.9 Å². The van der Waals surface area contributed by atoms with Crippen molar-refractivity contribution in [2.45, 2.75) is 91.1 Å². The Labute approximate surface area is 350 Å². The van der Waals surface area contributed by atoms with Crippen molar-refractivity contribution >= 4 is 17.9 Å². The molecule has 0 unspecified atom stereocenters. The van der Waals surface area contributed by atoms with Crippen molar-refractivity contribution < 1.29 is 37.0 Å².